The molecule has 0 unspecified atom stereocenters. The number of carbonyl (C=O) groups excluding carboxylic acids is 1. The number of hydrogen-bond donors (Lipinski definition) is 0. The van der Waals surface area contributed by atoms with Crippen LogP contribution in [0.1, 0.15) is 27.0 Å². The Morgan fingerprint density at radius 2 is 1.56 bits per heavy atom. The molecule has 0 radical (unpaired) electrons. The fraction of sp³-hybridized carbons (Fsp3) is 0.321. The third kappa shape index (κ3) is 5.11. The fourth-order valence-corrected chi connectivity index (χ4v) is 4.27. The lowest BCUT2D eigenvalue weighted by Crippen LogP contribution is -2.49. The lowest BCUT2D eigenvalue weighted by molar-refractivity contribution is 0.0746. The molecule has 1 fully saturated rings. The molecule has 178 valence electrons. The Hall–Kier alpha value is -3.67. The number of benzene rings is 3. The Morgan fingerprint density at radius 3 is 2.24 bits per heavy atom. The van der Waals surface area contributed by atoms with Crippen molar-refractivity contribution in [2.45, 2.75) is 20.5 Å². The van der Waals surface area contributed by atoms with Gasteiger partial charge in [-0.15, -0.1) is 0 Å². The second kappa shape index (κ2) is 10.5. The van der Waals surface area contributed by atoms with Gasteiger partial charge in [0.25, 0.3) is 5.91 Å². The molecule has 0 spiro atoms. The molecule has 3 aromatic carbocycles. The summed E-state index contributed by atoms with van der Waals surface area (Å²) < 4.78 is 16.6. The van der Waals surface area contributed by atoms with E-state index in [4.69, 9.17) is 14.2 Å². The van der Waals surface area contributed by atoms with Gasteiger partial charge in [-0.1, -0.05) is 12.1 Å². The number of piperazine rings is 1. The SMILES string of the molecule is COc1ccc(OCc2cc(C(=O)N3CCN(c4cccc(C)c4C)CC3)ccc2OC)cc1. The molecule has 1 aliphatic rings. The van der Waals surface area contributed by atoms with Gasteiger partial charge < -0.3 is 24.0 Å². The first-order valence-corrected chi connectivity index (χ1v) is 11.5. The van der Waals surface area contributed by atoms with E-state index in [0.29, 0.717) is 31.0 Å². The van der Waals surface area contributed by atoms with Gasteiger partial charge in [-0.2, -0.15) is 0 Å². The second-order valence-electron chi connectivity index (χ2n) is 8.49. The second-order valence-corrected chi connectivity index (χ2v) is 8.49. The molecule has 6 heteroatoms. The highest BCUT2D eigenvalue weighted by Gasteiger charge is 2.24. The van der Waals surface area contributed by atoms with E-state index < -0.39 is 0 Å². The van der Waals surface area contributed by atoms with Gasteiger partial charge in [0.05, 0.1) is 14.2 Å². The zero-order valence-corrected chi connectivity index (χ0v) is 20.3. The quantitative estimate of drug-likeness (QED) is 0.504. The lowest BCUT2D eigenvalue weighted by atomic mass is 10.1. The molecule has 3 aromatic rings. The summed E-state index contributed by atoms with van der Waals surface area (Å²) in [7, 11) is 3.26. The zero-order chi connectivity index (χ0) is 24.1. The van der Waals surface area contributed by atoms with E-state index in [0.717, 1.165) is 30.2 Å². The van der Waals surface area contributed by atoms with Gasteiger partial charge in [-0.05, 0) is 73.5 Å². The van der Waals surface area contributed by atoms with E-state index in [1.165, 1.54) is 16.8 Å². The summed E-state index contributed by atoms with van der Waals surface area (Å²) >= 11 is 0. The van der Waals surface area contributed by atoms with Crippen molar-refractivity contribution < 1.29 is 19.0 Å². The molecule has 0 aliphatic carbocycles. The molecule has 0 saturated carbocycles. The first-order valence-electron chi connectivity index (χ1n) is 11.5. The van der Waals surface area contributed by atoms with E-state index >= 15 is 0 Å². The van der Waals surface area contributed by atoms with Gasteiger partial charge in [-0.25, -0.2) is 0 Å². The van der Waals surface area contributed by atoms with Gasteiger partial charge in [0.2, 0.25) is 0 Å². The van der Waals surface area contributed by atoms with Crippen LogP contribution in [-0.2, 0) is 6.61 Å². The van der Waals surface area contributed by atoms with Crippen molar-refractivity contribution >= 4 is 11.6 Å². The minimum Gasteiger partial charge on any atom is -0.497 e. The third-order valence-electron chi connectivity index (χ3n) is 6.46. The van der Waals surface area contributed by atoms with Gasteiger partial charge in [0.1, 0.15) is 23.9 Å². The normalized spacial score (nSPS) is 13.5. The Bertz CT molecular complexity index is 1140. The van der Waals surface area contributed by atoms with Crippen molar-refractivity contribution in [3.05, 3.63) is 82.9 Å². The molecule has 6 nitrogen and oxygen atoms in total. The average molecular weight is 461 g/mol. The summed E-state index contributed by atoms with van der Waals surface area (Å²) in [6, 6.07) is 19.4. The van der Waals surface area contributed by atoms with Gasteiger partial charge in [0, 0.05) is 43.0 Å². The molecular weight excluding hydrogens is 428 g/mol. The van der Waals surface area contributed by atoms with Crippen LogP contribution in [0.15, 0.2) is 60.7 Å². The standard InChI is InChI=1S/C28H32N2O4/c1-20-6-5-7-26(21(20)2)29-14-16-30(17-15-29)28(31)22-8-13-27(33-4)23(18-22)19-34-25-11-9-24(32-3)10-12-25/h5-13,18H,14-17,19H2,1-4H3. The molecule has 34 heavy (non-hydrogen) atoms. The highest BCUT2D eigenvalue weighted by atomic mass is 16.5. The summed E-state index contributed by atoms with van der Waals surface area (Å²) in [6.07, 6.45) is 0. The maximum Gasteiger partial charge on any atom is 0.253 e. The van der Waals surface area contributed by atoms with Crippen LogP contribution in [-0.4, -0.2) is 51.2 Å². The summed E-state index contributed by atoms with van der Waals surface area (Å²) in [5.74, 6) is 2.23. The Morgan fingerprint density at radius 1 is 0.853 bits per heavy atom. The maximum atomic E-state index is 13.3. The Labute approximate surface area is 201 Å². The molecule has 4 rings (SSSR count). The maximum absolute atomic E-state index is 13.3. The number of methoxy groups -OCH3 is 2. The zero-order valence-electron chi connectivity index (χ0n) is 20.3. The first kappa shape index (κ1) is 23.5. The molecule has 1 aliphatic heterocycles. The van der Waals surface area contributed by atoms with Crippen molar-refractivity contribution in [1.82, 2.24) is 4.90 Å². The predicted molar refractivity (Wildman–Crippen MR) is 134 cm³/mol. The van der Waals surface area contributed by atoms with Gasteiger partial charge in [-0.3, -0.25) is 4.79 Å². The van der Waals surface area contributed by atoms with Gasteiger partial charge >= 0.3 is 0 Å². The van der Waals surface area contributed by atoms with Crippen molar-refractivity contribution in [3.8, 4) is 17.2 Å². The average Bonchev–Trinajstić information content (AvgIpc) is 2.89. The number of anilines is 1. The Kier molecular flexibility index (Phi) is 7.26. The molecule has 0 N–H and O–H groups in total. The van der Waals surface area contributed by atoms with Crippen LogP contribution in [0, 0.1) is 13.8 Å². The third-order valence-corrected chi connectivity index (χ3v) is 6.46. The van der Waals surface area contributed by atoms with Crippen LogP contribution in [0.2, 0.25) is 0 Å². The molecule has 1 heterocycles. The van der Waals surface area contributed by atoms with Crippen LogP contribution in [0.4, 0.5) is 5.69 Å². The number of aryl methyl sites for hydroxylation is 1. The number of nitrogens with zero attached hydrogens (tertiary/aromatic N) is 2. The van der Waals surface area contributed by atoms with Crippen LogP contribution in [0.3, 0.4) is 0 Å². The van der Waals surface area contributed by atoms with Crippen LogP contribution >= 0.6 is 0 Å². The number of carbonyl (C=O) groups is 1. The minimum absolute atomic E-state index is 0.0361. The summed E-state index contributed by atoms with van der Waals surface area (Å²) in [6.45, 7) is 7.62. The van der Waals surface area contributed by atoms with Crippen LogP contribution in [0.5, 0.6) is 17.2 Å². The predicted octanol–water partition coefficient (Wildman–Crippen LogP) is 4.86. The molecule has 1 amide bonds. The van der Waals surface area contributed by atoms with E-state index in [9.17, 15) is 4.79 Å². The Balaban J connectivity index is 1.42. The highest BCUT2D eigenvalue weighted by molar-refractivity contribution is 5.94. The topological polar surface area (TPSA) is 51.2 Å². The summed E-state index contributed by atoms with van der Waals surface area (Å²) in [5, 5.41) is 0. The van der Waals surface area contributed by atoms with Crippen molar-refractivity contribution in [2.75, 3.05) is 45.3 Å². The lowest BCUT2D eigenvalue weighted by Gasteiger charge is -2.37. The van der Waals surface area contributed by atoms with Gasteiger partial charge in [0.15, 0.2) is 0 Å². The monoisotopic (exact) mass is 460 g/mol. The first-order chi connectivity index (χ1) is 16.5. The van der Waals surface area contributed by atoms with Crippen molar-refractivity contribution in [2.24, 2.45) is 0 Å². The molecular formula is C28H32N2O4. The van der Waals surface area contributed by atoms with Crippen molar-refractivity contribution in [3.63, 3.8) is 0 Å². The fourth-order valence-electron chi connectivity index (χ4n) is 4.27. The minimum atomic E-state index is 0.0361. The smallest absolute Gasteiger partial charge is 0.253 e. The van der Waals surface area contributed by atoms with Crippen molar-refractivity contribution in [1.29, 1.82) is 0 Å². The summed E-state index contributed by atoms with van der Waals surface area (Å²) in [5.41, 5.74) is 5.33. The molecule has 0 atom stereocenters. The number of ether oxygens (including phenoxy) is 3. The van der Waals surface area contributed by atoms with E-state index in [2.05, 4.69) is 36.9 Å². The molecule has 0 aromatic heterocycles. The van der Waals surface area contributed by atoms with E-state index in [1.807, 2.05) is 47.4 Å². The molecule has 0 bridgehead atoms. The van der Waals surface area contributed by atoms with Crippen LogP contribution < -0.4 is 19.1 Å². The molecule has 1 saturated heterocycles. The number of hydrogen-bond acceptors (Lipinski definition) is 5. The van der Waals surface area contributed by atoms with E-state index in [-0.39, 0.29) is 5.91 Å². The summed E-state index contributed by atoms with van der Waals surface area (Å²) in [4.78, 5) is 17.6. The van der Waals surface area contributed by atoms with E-state index in [1.54, 1.807) is 14.2 Å². The highest BCUT2D eigenvalue weighted by Crippen LogP contribution is 2.26. The largest absolute Gasteiger partial charge is 0.497 e. The number of amides is 1. The van der Waals surface area contributed by atoms with Crippen LogP contribution in [0.25, 0.3) is 0 Å². The number of rotatable bonds is 7.